The van der Waals surface area contributed by atoms with Crippen LogP contribution < -0.4 is 0 Å². The van der Waals surface area contributed by atoms with Crippen LogP contribution in [0.1, 0.15) is 33.6 Å². The number of nitrogens with zero attached hydrogens (tertiary/aromatic N) is 5. The van der Waals surface area contributed by atoms with Crippen LogP contribution >= 0.6 is 11.3 Å². The van der Waals surface area contributed by atoms with Gasteiger partial charge in [0.1, 0.15) is 6.07 Å². The predicted molar refractivity (Wildman–Crippen MR) is 376 cm³/mol. The van der Waals surface area contributed by atoms with Crippen molar-refractivity contribution in [1.82, 2.24) is 18.7 Å². The zero-order valence-corrected chi connectivity index (χ0v) is 50.7. The minimum atomic E-state index is 0.592. The molecule has 0 atom stereocenters. The summed E-state index contributed by atoms with van der Waals surface area (Å²) in [5, 5.41) is 22.2. The van der Waals surface area contributed by atoms with E-state index in [1.165, 1.54) is 69.2 Å². The van der Waals surface area contributed by atoms with E-state index in [9.17, 15) is 5.26 Å². The van der Waals surface area contributed by atoms with Crippen LogP contribution in [0.15, 0.2) is 255 Å². The van der Waals surface area contributed by atoms with Crippen molar-refractivity contribution in [2.45, 2.75) is 34.6 Å². The Morgan fingerprint density at radius 1 is 0.315 bits per heavy atom. The molecule has 0 bridgehead atoms. The second-order valence-electron chi connectivity index (χ2n) is 24.0. The first-order valence-corrected chi connectivity index (χ1v) is 31.3. The fourth-order valence-corrected chi connectivity index (χ4v) is 15.8. The highest BCUT2D eigenvalue weighted by Crippen LogP contribution is 2.56. The van der Waals surface area contributed by atoms with Crippen LogP contribution in [-0.2, 0) is 0 Å². The van der Waals surface area contributed by atoms with E-state index >= 15 is 0 Å². The second-order valence-corrected chi connectivity index (χ2v) is 25.1. The summed E-state index contributed by atoms with van der Waals surface area (Å²) in [4.78, 5) is 4.97. The van der Waals surface area contributed by atoms with Crippen molar-refractivity contribution >= 4 is 96.9 Å². The third-order valence-corrected chi connectivity index (χ3v) is 19.5. The van der Waals surface area contributed by atoms with Crippen LogP contribution in [0.3, 0.4) is 0 Å². The zero-order chi connectivity index (χ0) is 59.8. The van der Waals surface area contributed by atoms with Crippen LogP contribution in [0.25, 0.3) is 158 Å². The number of benzene rings is 12. The fourth-order valence-electron chi connectivity index (χ4n) is 14.7. The molecule has 0 radical (unpaired) electrons. The van der Waals surface area contributed by atoms with Gasteiger partial charge in [-0.2, -0.15) is 5.26 Å². The van der Waals surface area contributed by atoms with Gasteiger partial charge < -0.3 is 13.7 Å². The van der Waals surface area contributed by atoms with E-state index in [0.717, 1.165) is 117 Å². The minimum Gasteiger partial charge on any atom is -0.309 e. The van der Waals surface area contributed by atoms with Crippen LogP contribution in [0.2, 0.25) is 0 Å². The summed E-state index contributed by atoms with van der Waals surface area (Å²) in [6.07, 6.45) is 0. The SMILES string of the molecule is Cc1ccc2c(c1)c1ccccc1n2-c1ccc(-c2c(C#N)c(-c3cc(C)nc(C)c3)c(-c3ccc(-n4c5ccccc5c5cc(C)ccc54)cc3)c(-c3cccc4sc5ccccc5c34)c2-c2ccc(-n3c4ccccc4c4cc(C)ccc43)cc2)cc1. The summed E-state index contributed by atoms with van der Waals surface area (Å²) in [5.74, 6) is 0. The highest BCUT2D eigenvalue weighted by atomic mass is 32.1. The van der Waals surface area contributed by atoms with Crippen molar-refractivity contribution in [2.75, 3.05) is 0 Å². The first-order valence-electron chi connectivity index (χ1n) is 30.5. The molecule has 17 rings (SSSR count). The molecule has 0 spiro atoms. The van der Waals surface area contributed by atoms with Crippen molar-refractivity contribution in [2.24, 2.45) is 0 Å². The highest BCUT2D eigenvalue weighted by Gasteiger charge is 2.31. The molecule has 0 aliphatic rings. The van der Waals surface area contributed by atoms with Gasteiger partial charge in [0.15, 0.2) is 0 Å². The number of aromatic nitrogens is 4. The van der Waals surface area contributed by atoms with E-state index in [1.54, 1.807) is 0 Å². The van der Waals surface area contributed by atoms with Crippen LogP contribution in [0, 0.1) is 45.9 Å². The highest BCUT2D eigenvalue weighted by molar-refractivity contribution is 7.26. The molecule has 0 aliphatic heterocycles. The summed E-state index contributed by atoms with van der Waals surface area (Å²) in [5.41, 5.74) is 25.8. The van der Waals surface area contributed by atoms with Crippen molar-refractivity contribution in [3.8, 4) is 78.8 Å². The van der Waals surface area contributed by atoms with Gasteiger partial charge in [0.25, 0.3) is 0 Å². The molecule has 420 valence electrons. The molecule has 0 N–H and O–H groups in total. The van der Waals surface area contributed by atoms with Crippen molar-refractivity contribution in [3.63, 3.8) is 0 Å². The van der Waals surface area contributed by atoms with Crippen LogP contribution in [0.4, 0.5) is 0 Å². The van der Waals surface area contributed by atoms with Gasteiger partial charge in [-0.05, 0) is 194 Å². The first kappa shape index (κ1) is 52.2. The van der Waals surface area contributed by atoms with Gasteiger partial charge in [0.2, 0.25) is 0 Å². The number of nitriles is 1. The van der Waals surface area contributed by atoms with E-state index in [0.29, 0.717) is 5.56 Å². The molecular weight excluding hydrogens is 1100 g/mol. The zero-order valence-electron chi connectivity index (χ0n) is 49.9. The Balaban J connectivity index is 1.01. The smallest absolute Gasteiger partial charge is 0.100 e. The lowest BCUT2D eigenvalue weighted by Gasteiger charge is -2.27. The molecule has 5 aromatic heterocycles. The third-order valence-electron chi connectivity index (χ3n) is 18.4. The van der Waals surface area contributed by atoms with Gasteiger partial charge in [-0.3, -0.25) is 4.98 Å². The maximum atomic E-state index is 12.5. The van der Waals surface area contributed by atoms with Gasteiger partial charge in [-0.1, -0.05) is 156 Å². The number of fused-ring (bicyclic) bond motifs is 12. The summed E-state index contributed by atoms with van der Waals surface area (Å²) in [6, 6.07) is 96.6. The molecule has 0 saturated heterocycles. The Morgan fingerprint density at radius 2 is 0.685 bits per heavy atom. The minimum absolute atomic E-state index is 0.592. The lowest BCUT2D eigenvalue weighted by Crippen LogP contribution is -2.04. The van der Waals surface area contributed by atoms with E-state index in [-0.39, 0.29) is 0 Å². The number of hydrogen-bond acceptors (Lipinski definition) is 3. The number of thiophene rings is 1. The topological polar surface area (TPSA) is 51.5 Å². The number of hydrogen-bond donors (Lipinski definition) is 0. The summed E-state index contributed by atoms with van der Waals surface area (Å²) in [6.45, 7) is 10.6. The largest absolute Gasteiger partial charge is 0.309 e. The quantitative estimate of drug-likeness (QED) is 0.152. The van der Waals surface area contributed by atoms with E-state index < -0.39 is 0 Å². The maximum Gasteiger partial charge on any atom is 0.100 e. The third kappa shape index (κ3) is 8.16. The van der Waals surface area contributed by atoms with Crippen molar-refractivity contribution in [1.29, 1.82) is 5.26 Å². The molecular formula is C83H57N5S. The molecule has 0 amide bonds. The lowest BCUT2D eigenvalue weighted by atomic mass is 9.75. The molecule has 5 heterocycles. The van der Waals surface area contributed by atoms with Crippen LogP contribution in [-0.4, -0.2) is 18.7 Å². The first-order chi connectivity index (χ1) is 43.6. The Bertz CT molecular complexity index is 5820. The second kappa shape index (κ2) is 20.3. The van der Waals surface area contributed by atoms with Gasteiger partial charge in [0, 0.05) is 92.1 Å². The van der Waals surface area contributed by atoms with E-state index in [2.05, 4.69) is 309 Å². The Labute approximate surface area is 519 Å². The fraction of sp³-hybridized carbons (Fsp3) is 0.0602. The maximum absolute atomic E-state index is 12.5. The van der Waals surface area contributed by atoms with Gasteiger partial charge in [0.05, 0.1) is 38.7 Å². The molecule has 6 heteroatoms. The summed E-state index contributed by atoms with van der Waals surface area (Å²) >= 11 is 1.83. The van der Waals surface area contributed by atoms with Crippen LogP contribution in [0.5, 0.6) is 0 Å². The van der Waals surface area contributed by atoms with Gasteiger partial charge in [-0.15, -0.1) is 11.3 Å². The van der Waals surface area contributed by atoms with E-state index in [4.69, 9.17) is 4.98 Å². The molecule has 5 nitrogen and oxygen atoms in total. The number of para-hydroxylation sites is 3. The number of pyridine rings is 1. The predicted octanol–water partition coefficient (Wildman–Crippen LogP) is 22.5. The average Bonchev–Trinajstić information content (AvgIpc) is 1.44. The van der Waals surface area contributed by atoms with Crippen molar-refractivity contribution in [3.05, 3.63) is 288 Å². The lowest BCUT2D eigenvalue weighted by molar-refractivity contribution is 1.12. The Hall–Kier alpha value is -11.1. The average molecular weight is 1160 g/mol. The normalized spacial score (nSPS) is 11.9. The summed E-state index contributed by atoms with van der Waals surface area (Å²) in [7, 11) is 0. The van der Waals surface area contributed by atoms with Gasteiger partial charge >= 0.3 is 0 Å². The molecule has 0 fully saturated rings. The molecule has 89 heavy (non-hydrogen) atoms. The standard InChI is InChI=1S/C83H57N5S/c1-49-25-40-73-66(43-49)61-15-6-10-20-70(61)86(73)58-34-28-54(29-35-58)78-69(48-84)79(57-46-52(4)85-53(5)47-57)81(56-32-38-60(39-33-56)88-72-22-12-8-17-63(72)68-45-51(3)27-42-75(68)88)83(65-19-14-24-77-82(65)64-18-9-13-23-76(64)89-77)80(78)55-30-36-59(37-31-55)87-71-21-11-7-16-62(71)67-44-50(2)26-41-74(67)87/h6-47H,1-5H3. The molecule has 0 aliphatic carbocycles. The monoisotopic (exact) mass is 1160 g/mol. The van der Waals surface area contributed by atoms with Gasteiger partial charge in [-0.25, -0.2) is 0 Å². The molecule has 17 aromatic rings. The Morgan fingerprint density at radius 3 is 1.12 bits per heavy atom. The Kier molecular flexibility index (Phi) is 11.9. The van der Waals surface area contributed by atoms with Crippen molar-refractivity contribution < 1.29 is 0 Å². The molecule has 12 aromatic carbocycles. The molecule has 0 saturated carbocycles. The number of rotatable bonds is 8. The van der Waals surface area contributed by atoms with E-state index in [1.807, 2.05) is 11.3 Å². The summed E-state index contributed by atoms with van der Waals surface area (Å²) < 4.78 is 9.58. The number of aryl methyl sites for hydroxylation is 5. The molecule has 0 unspecified atom stereocenters.